The van der Waals surface area contributed by atoms with E-state index in [0.717, 1.165) is 11.1 Å². The highest BCUT2D eigenvalue weighted by Gasteiger charge is 2.27. The largest absolute Gasteiger partial charge is 0.326 e. The maximum atomic E-state index is 12.7. The van der Waals surface area contributed by atoms with Crippen LogP contribution in [0.3, 0.4) is 0 Å². The summed E-state index contributed by atoms with van der Waals surface area (Å²) in [4.78, 5) is 14.3. The summed E-state index contributed by atoms with van der Waals surface area (Å²) in [6, 6.07) is 11.7. The molecular weight excluding hydrogens is 350 g/mol. The van der Waals surface area contributed by atoms with E-state index in [1.807, 2.05) is 12.1 Å². The van der Waals surface area contributed by atoms with Crippen LogP contribution >= 0.6 is 12.4 Å². The molecular formula is C16H18ClN3O3S. The van der Waals surface area contributed by atoms with Crippen molar-refractivity contribution in [3.05, 3.63) is 59.2 Å². The average molecular weight is 368 g/mol. The Morgan fingerprint density at radius 1 is 1.12 bits per heavy atom. The SMILES string of the molecule is Cl.NCc1ccc(C(=O)N2CCc3ccc(S(N)(=O)=O)cc32)cc1. The first-order valence-electron chi connectivity index (χ1n) is 7.17. The summed E-state index contributed by atoms with van der Waals surface area (Å²) in [6.07, 6.45) is 0.687. The van der Waals surface area contributed by atoms with Crippen LogP contribution < -0.4 is 15.8 Å². The number of nitrogens with two attached hydrogens (primary N) is 2. The Kier molecular flexibility index (Phi) is 5.29. The van der Waals surface area contributed by atoms with Gasteiger partial charge in [0.1, 0.15) is 0 Å². The zero-order chi connectivity index (χ0) is 16.6. The lowest BCUT2D eigenvalue weighted by Gasteiger charge is -2.18. The van der Waals surface area contributed by atoms with Crippen LogP contribution in [0.1, 0.15) is 21.5 Å². The van der Waals surface area contributed by atoms with Crippen molar-refractivity contribution in [2.24, 2.45) is 10.9 Å². The number of hydrogen-bond acceptors (Lipinski definition) is 4. The predicted molar refractivity (Wildman–Crippen MR) is 94.8 cm³/mol. The van der Waals surface area contributed by atoms with Gasteiger partial charge in [0.2, 0.25) is 10.0 Å². The summed E-state index contributed by atoms with van der Waals surface area (Å²) in [5.74, 6) is -0.168. The van der Waals surface area contributed by atoms with Gasteiger partial charge in [-0.05, 0) is 41.8 Å². The molecule has 8 heteroatoms. The summed E-state index contributed by atoms with van der Waals surface area (Å²) in [6.45, 7) is 0.930. The number of hydrogen-bond donors (Lipinski definition) is 2. The van der Waals surface area contributed by atoms with Crippen molar-refractivity contribution in [2.75, 3.05) is 11.4 Å². The van der Waals surface area contributed by atoms with Gasteiger partial charge in [0, 0.05) is 24.3 Å². The van der Waals surface area contributed by atoms with Gasteiger partial charge < -0.3 is 10.6 Å². The van der Waals surface area contributed by atoms with Gasteiger partial charge in [-0.1, -0.05) is 18.2 Å². The Morgan fingerprint density at radius 2 is 1.79 bits per heavy atom. The smallest absolute Gasteiger partial charge is 0.258 e. The molecule has 0 aliphatic carbocycles. The molecule has 0 fully saturated rings. The van der Waals surface area contributed by atoms with E-state index in [2.05, 4.69) is 0 Å². The van der Waals surface area contributed by atoms with E-state index in [1.54, 1.807) is 23.1 Å². The minimum absolute atomic E-state index is 0. The zero-order valence-electron chi connectivity index (χ0n) is 12.8. The van der Waals surface area contributed by atoms with Crippen molar-refractivity contribution < 1.29 is 13.2 Å². The fourth-order valence-corrected chi connectivity index (χ4v) is 3.22. The molecule has 128 valence electrons. The number of carbonyl (C=O) groups excluding carboxylic acids is 1. The number of fused-ring (bicyclic) bond motifs is 1. The van der Waals surface area contributed by atoms with Gasteiger partial charge in [0.25, 0.3) is 5.91 Å². The number of benzene rings is 2. The van der Waals surface area contributed by atoms with Crippen LogP contribution in [-0.4, -0.2) is 20.9 Å². The van der Waals surface area contributed by atoms with E-state index in [9.17, 15) is 13.2 Å². The van der Waals surface area contributed by atoms with Crippen molar-refractivity contribution in [1.82, 2.24) is 0 Å². The molecule has 2 aromatic carbocycles. The Balaban J connectivity index is 0.00000208. The molecule has 0 saturated carbocycles. The standard InChI is InChI=1S/C16H17N3O3S.ClH/c17-10-11-1-3-13(4-2-11)16(20)19-8-7-12-5-6-14(9-15(12)19)23(18,21)22;/h1-6,9H,7-8,10,17H2,(H2,18,21,22);1H. The van der Waals surface area contributed by atoms with Crippen molar-refractivity contribution >= 4 is 34.0 Å². The second kappa shape index (κ2) is 6.90. The third kappa shape index (κ3) is 3.44. The molecule has 1 aliphatic heterocycles. The molecule has 1 amide bonds. The van der Waals surface area contributed by atoms with E-state index < -0.39 is 10.0 Å². The van der Waals surface area contributed by atoms with Crippen LogP contribution in [0.25, 0.3) is 0 Å². The summed E-state index contributed by atoms with van der Waals surface area (Å²) in [7, 11) is -3.80. The molecule has 3 rings (SSSR count). The second-order valence-electron chi connectivity index (χ2n) is 5.44. The lowest BCUT2D eigenvalue weighted by molar-refractivity contribution is 0.0989. The van der Waals surface area contributed by atoms with E-state index in [4.69, 9.17) is 10.9 Å². The molecule has 0 atom stereocenters. The van der Waals surface area contributed by atoms with Crippen molar-refractivity contribution in [3.8, 4) is 0 Å². The molecule has 24 heavy (non-hydrogen) atoms. The highest BCUT2D eigenvalue weighted by molar-refractivity contribution is 7.89. The number of nitrogens with zero attached hydrogens (tertiary/aromatic N) is 1. The zero-order valence-corrected chi connectivity index (χ0v) is 14.4. The minimum atomic E-state index is -3.80. The van der Waals surface area contributed by atoms with Gasteiger partial charge in [-0.3, -0.25) is 4.79 Å². The van der Waals surface area contributed by atoms with Gasteiger partial charge in [0.05, 0.1) is 4.90 Å². The summed E-state index contributed by atoms with van der Waals surface area (Å²) in [5, 5.41) is 5.17. The monoisotopic (exact) mass is 367 g/mol. The average Bonchev–Trinajstić information content (AvgIpc) is 2.96. The topological polar surface area (TPSA) is 106 Å². The maximum absolute atomic E-state index is 12.7. The van der Waals surface area contributed by atoms with E-state index in [0.29, 0.717) is 30.8 Å². The predicted octanol–water partition coefficient (Wildman–Crippen LogP) is 1.42. The first kappa shape index (κ1) is 18.4. The van der Waals surface area contributed by atoms with E-state index >= 15 is 0 Å². The molecule has 1 aliphatic rings. The molecule has 0 radical (unpaired) electrons. The highest BCUT2D eigenvalue weighted by atomic mass is 35.5. The highest BCUT2D eigenvalue weighted by Crippen LogP contribution is 2.31. The van der Waals surface area contributed by atoms with Crippen LogP contribution in [0.4, 0.5) is 5.69 Å². The molecule has 2 aromatic rings. The van der Waals surface area contributed by atoms with Crippen LogP contribution in [0.15, 0.2) is 47.4 Å². The molecule has 4 N–H and O–H groups in total. The molecule has 0 aromatic heterocycles. The number of anilines is 1. The van der Waals surface area contributed by atoms with Gasteiger partial charge in [-0.2, -0.15) is 0 Å². The van der Waals surface area contributed by atoms with Crippen molar-refractivity contribution in [2.45, 2.75) is 17.9 Å². The molecule has 0 spiro atoms. The molecule has 0 saturated heterocycles. The first-order valence-corrected chi connectivity index (χ1v) is 8.71. The number of rotatable bonds is 3. The van der Waals surface area contributed by atoms with Crippen LogP contribution in [0.2, 0.25) is 0 Å². The minimum Gasteiger partial charge on any atom is -0.326 e. The third-order valence-corrected chi connectivity index (χ3v) is 4.87. The maximum Gasteiger partial charge on any atom is 0.258 e. The van der Waals surface area contributed by atoms with Gasteiger partial charge in [-0.15, -0.1) is 12.4 Å². The Hall–Kier alpha value is -1.93. The summed E-state index contributed by atoms with van der Waals surface area (Å²) in [5.41, 5.74) is 8.57. The van der Waals surface area contributed by atoms with E-state index in [-0.39, 0.29) is 23.2 Å². The number of primary sulfonamides is 1. The lowest BCUT2D eigenvalue weighted by Crippen LogP contribution is -2.29. The van der Waals surface area contributed by atoms with Crippen molar-refractivity contribution in [3.63, 3.8) is 0 Å². The van der Waals surface area contributed by atoms with Crippen LogP contribution in [0, 0.1) is 0 Å². The normalized spacial score (nSPS) is 13.3. The molecule has 6 nitrogen and oxygen atoms in total. The number of halogens is 1. The summed E-state index contributed by atoms with van der Waals surface area (Å²) >= 11 is 0. The second-order valence-corrected chi connectivity index (χ2v) is 7.00. The third-order valence-electron chi connectivity index (χ3n) is 3.96. The number of carbonyl (C=O) groups is 1. The first-order chi connectivity index (χ1) is 10.9. The quantitative estimate of drug-likeness (QED) is 0.855. The van der Waals surface area contributed by atoms with Crippen LogP contribution in [0.5, 0.6) is 0 Å². The molecule has 0 bridgehead atoms. The fourth-order valence-electron chi connectivity index (χ4n) is 2.69. The van der Waals surface area contributed by atoms with E-state index in [1.165, 1.54) is 12.1 Å². The fraction of sp³-hybridized carbons (Fsp3) is 0.188. The van der Waals surface area contributed by atoms with Gasteiger partial charge in [-0.25, -0.2) is 13.6 Å². The van der Waals surface area contributed by atoms with Crippen LogP contribution in [-0.2, 0) is 23.0 Å². The summed E-state index contributed by atoms with van der Waals surface area (Å²) < 4.78 is 23.0. The lowest BCUT2D eigenvalue weighted by atomic mass is 10.1. The number of sulfonamides is 1. The Bertz CT molecular complexity index is 867. The Morgan fingerprint density at radius 3 is 2.38 bits per heavy atom. The van der Waals surface area contributed by atoms with Crippen molar-refractivity contribution in [1.29, 1.82) is 0 Å². The van der Waals surface area contributed by atoms with Gasteiger partial charge in [0.15, 0.2) is 0 Å². The van der Waals surface area contributed by atoms with Gasteiger partial charge >= 0.3 is 0 Å². The Labute approximate surface area is 146 Å². The molecule has 0 unspecified atom stereocenters. The number of amides is 1. The molecule has 1 heterocycles.